The third kappa shape index (κ3) is 6.79. The van der Waals surface area contributed by atoms with Crippen molar-refractivity contribution in [1.82, 2.24) is 10.6 Å². The van der Waals surface area contributed by atoms with Gasteiger partial charge in [-0.25, -0.2) is 0 Å². The number of methoxy groups -OCH3 is 1. The fourth-order valence-corrected chi connectivity index (χ4v) is 1.47. The average molecular weight is 266 g/mol. The SMILES string of the molecule is CCNCc1ccc(OCC(=O)NCCOC)cc1. The van der Waals surface area contributed by atoms with Crippen LogP contribution >= 0.6 is 0 Å². The molecule has 5 heteroatoms. The minimum Gasteiger partial charge on any atom is -0.484 e. The molecule has 0 aromatic heterocycles. The lowest BCUT2D eigenvalue weighted by Crippen LogP contribution is -2.31. The molecule has 0 aliphatic heterocycles. The maximum absolute atomic E-state index is 11.4. The second-order valence-corrected chi connectivity index (χ2v) is 4.06. The number of hydrogen-bond acceptors (Lipinski definition) is 4. The Balaban J connectivity index is 2.27. The maximum Gasteiger partial charge on any atom is 0.258 e. The Morgan fingerprint density at radius 2 is 2.00 bits per heavy atom. The van der Waals surface area contributed by atoms with Crippen molar-refractivity contribution < 1.29 is 14.3 Å². The number of hydrogen-bond donors (Lipinski definition) is 2. The molecule has 0 spiro atoms. The van der Waals surface area contributed by atoms with Crippen molar-refractivity contribution in [3.8, 4) is 5.75 Å². The van der Waals surface area contributed by atoms with Crippen LogP contribution in [0.5, 0.6) is 5.75 Å². The van der Waals surface area contributed by atoms with E-state index in [1.54, 1.807) is 7.11 Å². The van der Waals surface area contributed by atoms with Crippen molar-refractivity contribution in [3.05, 3.63) is 29.8 Å². The van der Waals surface area contributed by atoms with Gasteiger partial charge in [0.05, 0.1) is 6.61 Å². The molecule has 0 aliphatic rings. The number of benzene rings is 1. The highest BCUT2D eigenvalue weighted by molar-refractivity contribution is 5.77. The molecule has 0 saturated heterocycles. The molecule has 19 heavy (non-hydrogen) atoms. The molecule has 1 rings (SSSR count). The van der Waals surface area contributed by atoms with Gasteiger partial charge in [-0.15, -0.1) is 0 Å². The fraction of sp³-hybridized carbons (Fsp3) is 0.500. The van der Waals surface area contributed by atoms with Crippen LogP contribution in [0, 0.1) is 0 Å². The van der Waals surface area contributed by atoms with Crippen molar-refractivity contribution in [2.75, 3.05) is 33.4 Å². The third-order valence-corrected chi connectivity index (χ3v) is 2.50. The maximum atomic E-state index is 11.4. The summed E-state index contributed by atoms with van der Waals surface area (Å²) in [5.41, 5.74) is 1.19. The van der Waals surface area contributed by atoms with Gasteiger partial charge >= 0.3 is 0 Å². The van der Waals surface area contributed by atoms with Gasteiger partial charge in [0, 0.05) is 20.2 Å². The van der Waals surface area contributed by atoms with E-state index >= 15 is 0 Å². The first-order valence-electron chi connectivity index (χ1n) is 6.44. The lowest BCUT2D eigenvalue weighted by Gasteiger charge is -2.08. The smallest absolute Gasteiger partial charge is 0.258 e. The zero-order valence-corrected chi connectivity index (χ0v) is 11.6. The third-order valence-electron chi connectivity index (χ3n) is 2.50. The second-order valence-electron chi connectivity index (χ2n) is 4.06. The molecule has 0 aliphatic carbocycles. The molecule has 0 heterocycles. The average Bonchev–Trinajstić information content (AvgIpc) is 2.44. The molecule has 0 radical (unpaired) electrons. The normalized spacial score (nSPS) is 10.2. The van der Waals surface area contributed by atoms with E-state index in [2.05, 4.69) is 17.6 Å². The minimum absolute atomic E-state index is 0.0241. The van der Waals surface area contributed by atoms with Crippen molar-refractivity contribution in [2.24, 2.45) is 0 Å². The first-order valence-corrected chi connectivity index (χ1v) is 6.44. The Labute approximate surface area is 114 Å². The molecule has 1 aromatic rings. The zero-order valence-electron chi connectivity index (χ0n) is 11.6. The van der Waals surface area contributed by atoms with E-state index in [1.165, 1.54) is 5.56 Å². The molecule has 0 fully saturated rings. The van der Waals surface area contributed by atoms with E-state index in [0.717, 1.165) is 13.1 Å². The van der Waals surface area contributed by atoms with Gasteiger partial charge in [-0.1, -0.05) is 19.1 Å². The Bertz CT molecular complexity index is 365. The summed E-state index contributed by atoms with van der Waals surface area (Å²) >= 11 is 0. The molecule has 0 saturated carbocycles. The predicted octanol–water partition coefficient (Wildman–Crippen LogP) is 0.937. The zero-order chi connectivity index (χ0) is 13.9. The summed E-state index contributed by atoms with van der Waals surface area (Å²) in [6.45, 7) is 4.88. The Morgan fingerprint density at radius 1 is 1.26 bits per heavy atom. The van der Waals surface area contributed by atoms with E-state index in [4.69, 9.17) is 9.47 Å². The number of rotatable bonds is 9. The lowest BCUT2D eigenvalue weighted by atomic mass is 10.2. The first-order chi connectivity index (χ1) is 9.26. The van der Waals surface area contributed by atoms with Crippen LogP contribution in [0.4, 0.5) is 0 Å². The summed E-state index contributed by atoms with van der Waals surface area (Å²) in [6.07, 6.45) is 0. The van der Waals surface area contributed by atoms with Crippen LogP contribution in [0.1, 0.15) is 12.5 Å². The molecule has 106 valence electrons. The van der Waals surface area contributed by atoms with Crippen molar-refractivity contribution >= 4 is 5.91 Å². The fourth-order valence-electron chi connectivity index (χ4n) is 1.47. The molecular formula is C14H22N2O3. The van der Waals surface area contributed by atoms with E-state index < -0.39 is 0 Å². The predicted molar refractivity (Wildman–Crippen MR) is 74.2 cm³/mol. The van der Waals surface area contributed by atoms with Gasteiger partial charge in [0.1, 0.15) is 5.75 Å². The summed E-state index contributed by atoms with van der Waals surface area (Å²) in [6, 6.07) is 7.71. The van der Waals surface area contributed by atoms with Crippen LogP contribution in [-0.2, 0) is 16.1 Å². The standard InChI is InChI=1S/C14H22N2O3/c1-3-15-10-12-4-6-13(7-5-12)19-11-14(17)16-8-9-18-2/h4-7,15H,3,8-11H2,1-2H3,(H,16,17). The number of nitrogens with one attached hydrogen (secondary N) is 2. The van der Waals surface area contributed by atoms with E-state index in [1.807, 2.05) is 24.3 Å². The van der Waals surface area contributed by atoms with Crippen molar-refractivity contribution in [3.63, 3.8) is 0 Å². The van der Waals surface area contributed by atoms with E-state index in [9.17, 15) is 4.79 Å². The highest BCUT2D eigenvalue weighted by atomic mass is 16.5. The monoisotopic (exact) mass is 266 g/mol. The van der Waals surface area contributed by atoms with Gasteiger partial charge < -0.3 is 20.1 Å². The van der Waals surface area contributed by atoms with Crippen LogP contribution in [0.25, 0.3) is 0 Å². The first kappa shape index (κ1) is 15.5. The lowest BCUT2D eigenvalue weighted by molar-refractivity contribution is -0.123. The minimum atomic E-state index is -0.145. The number of amides is 1. The summed E-state index contributed by atoms with van der Waals surface area (Å²) in [4.78, 5) is 11.4. The van der Waals surface area contributed by atoms with Crippen molar-refractivity contribution in [2.45, 2.75) is 13.5 Å². The van der Waals surface area contributed by atoms with Crippen LogP contribution in [0.3, 0.4) is 0 Å². The molecular weight excluding hydrogens is 244 g/mol. The van der Waals surface area contributed by atoms with Crippen molar-refractivity contribution in [1.29, 1.82) is 0 Å². The van der Waals surface area contributed by atoms with E-state index in [-0.39, 0.29) is 12.5 Å². The Morgan fingerprint density at radius 3 is 2.63 bits per heavy atom. The largest absolute Gasteiger partial charge is 0.484 e. The molecule has 1 aromatic carbocycles. The number of carbonyl (C=O) groups excluding carboxylic acids is 1. The molecule has 0 bridgehead atoms. The number of carbonyl (C=O) groups is 1. The van der Waals surface area contributed by atoms with E-state index in [0.29, 0.717) is 18.9 Å². The highest BCUT2D eigenvalue weighted by Gasteiger charge is 2.02. The molecule has 2 N–H and O–H groups in total. The van der Waals surface area contributed by atoms with Gasteiger partial charge in [0.2, 0.25) is 0 Å². The van der Waals surface area contributed by atoms with Gasteiger partial charge in [-0.3, -0.25) is 4.79 Å². The molecule has 1 amide bonds. The molecule has 5 nitrogen and oxygen atoms in total. The number of ether oxygens (including phenoxy) is 2. The topological polar surface area (TPSA) is 59.6 Å². The summed E-state index contributed by atoms with van der Waals surface area (Å²) in [5.74, 6) is 0.552. The Kier molecular flexibility index (Phi) is 7.62. The van der Waals surface area contributed by atoms with Gasteiger partial charge in [-0.05, 0) is 24.2 Å². The van der Waals surface area contributed by atoms with Crippen LogP contribution in [-0.4, -0.2) is 39.3 Å². The van der Waals surface area contributed by atoms with Crippen LogP contribution < -0.4 is 15.4 Å². The second kappa shape index (κ2) is 9.35. The van der Waals surface area contributed by atoms with Gasteiger partial charge in [0.15, 0.2) is 6.61 Å². The van der Waals surface area contributed by atoms with Crippen LogP contribution in [0.15, 0.2) is 24.3 Å². The summed E-state index contributed by atoms with van der Waals surface area (Å²) in [7, 11) is 1.59. The highest BCUT2D eigenvalue weighted by Crippen LogP contribution is 2.11. The molecule has 0 atom stereocenters. The Hall–Kier alpha value is -1.59. The molecule has 0 unspecified atom stereocenters. The van der Waals surface area contributed by atoms with Gasteiger partial charge in [-0.2, -0.15) is 0 Å². The summed E-state index contributed by atoms with van der Waals surface area (Å²) < 4.78 is 10.2. The van der Waals surface area contributed by atoms with Crippen LogP contribution in [0.2, 0.25) is 0 Å². The van der Waals surface area contributed by atoms with Gasteiger partial charge in [0.25, 0.3) is 5.91 Å². The quantitative estimate of drug-likeness (QED) is 0.653. The summed E-state index contributed by atoms with van der Waals surface area (Å²) in [5, 5.41) is 5.94.